The van der Waals surface area contributed by atoms with Crippen LogP contribution in [0.2, 0.25) is 5.02 Å². The van der Waals surface area contributed by atoms with E-state index in [0.29, 0.717) is 0 Å². The number of nitrogens with one attached hydrogen (secondary N) is 1. The Morgan fingerprint density at radius 1 is 1.48 bits per heavy atom. The molecule has 0 aliphatic rings. The fourth-order valence-electron chi connectivity index (χ4n) is 1.99. The van der Waals surface area contributed by atoms with E-state index in [1.807, 2.05) is 0 Å². The Hall–Kier alpha value is -1.75. The molecular formula is C14H19ClN2O7S. The van der Waals surface area contributed by atoms with Crippen LogP contribution in [0.3, 0.4) is 0 Å². The number of nitrogens with zero attached hydrogens (tertiary/aromatic N) is 1. The van der Waals surface area contributed by atoms with Crippen LogP contribution in [0, 0.1) is 17.0 Å². The van der Waals surface area contributed by atoms with Crippen molar-refractivity contribution in [3.8, 4) is 0 Å². The summed E-state index contributed by atoms with van der Waals surface area (Å²) in [6, 6.07) is 2.02. The van der Waals surface area contributed by atoms with E-state index in [0.717, 1.165) is 6.07 Å². The maximum absolute atomic E-state index is 12.4. The van der Waals surface area contributed by atoms with Crippen molar-refractivity contribution in [2.24, 2.45) is 0 Å². The highest BCUT2D eigenvalue weighted by Crippen LogP contribution is 2.30. The standard InChI is InChI=1S/C14H19ClN2O7S/c1-4-24-13(18)7-14(3,19)8-16-25(22,23)12-6-11(17(20)21)10(15)5-9(12)2/h5-6,16,19H,4,7-8H2,1-3H3/t14-/m1/s1. The minimum Gasteiger partial charge on any atom is -0.466 e. The maximum atomic E-state index is 12.4. The maximum Gasteiger partial charge on any atom is 0.308 e. The Morgan fingerprint density at radius 3 is 2.60 bits per heavy atom. The van der Waals surface area contributed by atoms with Crippen molar-refractivity contribution < 1.29 is 28.0 Å². The van der Waals surface area contributed by atoms with Crippen molar-refractivity contribution in [2.75, 3.05) is 13.2 Å². The summed E-state index contributed by atoms with van der Waals surface area (Å²) in [5.41, 5.74) is -2.04. The zero-order valence-corrected chi connectivity index (χ0v) is 15.5. The van der Waals surface area contributed by atoms with Crippen molar-refractivity contribution in [1.82, 2.24) is 4.72 Å². The lowest BCUT2D eigenvalue weighted by atomic mass is 10.0. The SMILES string of the molecule is CCOC(=O)C[C@@](C)(O)CNS(=O)(=O)c1cc([N+](=O)[O-])c(Cl)cc1C. The third kappa shape index (κ3) is 5.92. The minimum absolute atomic E-state index is 0.133. The van der Waals surface area contributed by atoms with Crippen LogP contribution in [0.25, 0.3) is 0 Å². The second-order valence-corrected chi connectivity index (χ2v) is 7.77. The molecule has 1 aromatic rings. The number of aryl methyl sites for hydroxylation is 1. The second-order valence-electron chi connectivity index (χ2n) is 5.63. The molecule has 0 saturated heterocycles. The highest BCUT2D eigenvalue weighted by atomic mass is 35.5. The summed E-state index contributed by atoms with van der Waals surface area (Å²) in [5, 5.41) is 20.9. The van der Waals surface area contributed by atoms with Gasteiger partial charge >= 0.3 is 5.97 Å². The normalized spacial score (nSPS) is 14.0. The summed E-state index contributed by atoms with van der Waals surface area (Å²) in [4.78, 5) is 21.2. The van der Waals surface area contributed by atoms with Gasteiger partial charge in [0, 0.05) is 12.6 Å². The topological polar surface area (TPSA) is 136 Å². The van der Waals surface area contributed by atoms with E-state index in [1.54, 1.807) is 6.92 Å². The summed E-state index contributed by atoms with van der Waals surface area (Å²) in [7, 11) is -4.17. The van der Waals surface area contributed by atoms with Crippen molar-refractivity contribution in [3.63, 3.8) is 0 Å². The molecule has 0 saturated carbocycles. The molecule has 25 heavy (non-hydrogen) atoms. The molecule has 0 aliphatic heterocycles. The summed E-state index contributed by atoms with van der Waals surface area (Å²) in [6.45, 7) is 3.95. The van der Waals surface area contributed by atoms with Gasteiger partial charge in [-0.15, -0.1) is 0 Å². The first-order chi connectivity index (χ1) is 11.4. The van der Waals surface area contributed by atoms with Gasteiger partial charge in [0.25, 0.3) is 5.69 Å². The molecule has 140 valence electrons. The van der Waals surface area contributed by atoms with Crippen LogP contribution < -0.4 is 4.72 Å². The van der Waals surface area contributed by atoms with Crippen molar-refractivity contribution >= 4 is 33.3 Å². The lowest BCUT2D eigenvalue weighted by molar-refractivity contribution is -0.384. The number of sulfonamides is 1. The molecule has 0 radical (unpaired) electrons. The number of esters is 1. The van der Waals surface area contributed by atoms with E-state index in [2.05, 4.69) is 4.72 Å². The number of nitro groups is 1. The number of carbonyl (C=O) groups is 1. The molecule has 0 aliphatic carbocycles. The molecule has 11 heteroatoms. The van der Waals surface area contributed by atoms with E-state index in [1.165, 1.54) is 19.9 Å². The molecule has 0 fully saturated rings. The van der Waals surface area contributed by atoms with Gasteiger partial charge in [-0.1, -0.05) is 11.6 Å². The molecule has 2 N–H and O–H groups in total. The number of ether oxygens (including phenoxy) is 1. The number of carbonyl (C=O) groups excluding carboxylic acids is 1. The van der Waals surface area contributed by atoms with Gasteiger partial charge in [-0.2, -0.15) is 0 Å². The number of hydrogen-bond acceptors (Lipinski definition) is 7. The first-order valence-corrected chi connectivity index (χ1v) is 9.08. The first kappa shape index (κ1) is 21.3. The van der Waals surface area contributed by atoms with Gasteiger partial charge in [0.05, 0.1) is 28.4 Å². The molecule has 0 unspecified atom stereocenters. The fourth-order valence-corrected chi connectivity index (χ4v) is 3.68. The van der Waals surface area contributed by atoms with Crippen molar-refractivity contribution in [2.45, 2.75) is 37.7 Å². The van der Waals surface area contributed by atoms with Crippen LogP contribution in [-0.4, -0.2) is 43.2 Å². The average molecular weight is 395 g/mol. The van der Waals surface area contributed by atoms with Crippen molar-refractivity contribution in [1.29, 1.82) is 0 Å². The molecule has 0 heterocycles. The summed E-state index contributed by atoms with van der Waals surface area (Å²) < 4.78 is 31.6. The van der Waals surface area contributed by atoms with Gasteiger partial charge < -0.3 is 9.84 Å². The number of nitro benzene ring substituents is 1. The molecule has 1 aromatic carbocycles. The second kappa shape index (κ2) is 8.09. The summed E-state index contributed by atoms with van der Waals surface area (Å²) in [5.74, 6) is -0.676. The highest BCUT2D eigenvalue weighted by molar-refractivity contribution is 7.89. The number of hydrogen-bond donors (Lipinski definition) is 2. The van der Waals surface area contributed by atoms with Crippen molar-refractivity contribution in [3.05, 3.63) is 32.8 Å². The fraction of sp³-hybridized carbons (Fsp3) is 0.500. The zero-order valence-electron chi connectivity index (χ0n) is 13.9. The van der Waals surface area contributed by atoms with E-state index in [4.69, 9.17) is 16.3 Å². The largest absolute Gasteiger partial charge is 0.466 e. The van der Waals surface area contributed by atoms with Gasteiger partial charge in [0.15, 0.2) is 0 Å². The highest BCUT2D eigenvalue weighted by Gasteiger charge is 2.29. The predicted molar refractivity (Wildman–Crippen MR) is 89.9 cm³/mol. The molecule has 0 bridgehead atoms. The number of rotatable bonds is 8. The molecule has 1 atom stereocenters. The third-order valence-corrected chi connectivity index (χ3v) is 5.05. The zero-order chi connectivity index (χ0) is 19.4. The Morgan fingerprint density at radius 2 is 2.08 bits per heavy atom. The Labute approximate surface area is 150 Å². The lowest BCUT2D eigenvalue weighted by Gasteiger charge is -2.22. The van der Waals surface area contributed by atoms with E-state index in [9.17, 15) is 28.4 Å². The molecule has 1 rings (SSSR count). The summed E-state index contributed by atoms with van der Waals surface area (Å²) in [6.07, 6.45) is -0.414. The lowest BCUT2D eigenvalue weighted by Crippen LogP contribution is -2.42. The number of aliphatic hydroxyl groups is 1. The van der Waals surface area contributed by atoms with E-state index in [-0.39, 0.29) is 22.1 Å². The molecule has 0 aromatic heterocycles. The summed E-state index contributed by atoms with van der Waals surface area (Å²) >= 11 is 5.73. The number of halogens is 1. The van der Waals surface area contributed by atoms with Gasteiger partial charge in [0.1, 0.15) is 5.02 Å². The van der Waals surface area contributed by atoms with Gasteiger partial charge in [-0.25, -0.2) is 13.1 Å². The molecule has 0 amide bonds. The molecule has 9 nitrogen and oxygen atoms in total. The quantitative estimate of drug-likeness (QED) is 0.387. The number of benzene rings is 1. The van der Waals surface area contributed by atoms with Gasteiger partial charge in [-0.3, -0.25) is 14.9 Å². The monoisotopic (exact) mass is 394 g/mol. The molecular weight excluding hydrogens is 376 g/mol. The van der Waals surface area contributed by atoms with Crippen LogP contribution in [0.15, 0.2) is 17.0 Å². The Balaban J connectivity index is 3.01. The first-order valence-electron chi connectivity index (χ1n) is 7.22. The van der Waals surface area contributed by atoms with Gasteiger partial charge in [0.2, 0.25) is 10.0 Å². The van der Waals surface area contributed by atoms with E-state index < -0.39 is 45.2 Å². The van der Waals surface area contributed by atoms with Crippen LogP contribution in [-0.2, 0) is 19.6 Å². The van der Waals surface area contributed by atoms with Crippen LogP contribution >= 0.6 is 11.6 Å². The third-order valence-electron chi connectivity index (χ3n) is 3.20. The minimum atomic E-state index is -4.17. The predicted octanol–water partition coefficient (Wildman–Crippen LogP) is 1.54. The smallest absolute Gasteiger partial charge is 0.308 e. The van der Waals surface area contributed by atoms with Crippen LogP contribution in [0.4, 0.5) is 5.69 Å². The van der Waals surface area contributed by atoms with Crippen LogP contribution in [0.5, 0.6) is 0 Å². The average Bonchev–Trinajstić information content (AvgIpc) is 2.44. The van der Waals surface area contributed by atoms with E-state index >= 15 is 0 Å². The van der Waals surface area contributed by atoms with Crippen LogP contribution in [0.1, 0.15) is 25.8 Å². The Bertz CT molecular complexity index is 778. The molecule has 0 spiro atoms. The Kier molecular flexibility index (Phi) is 6.89. The van der Waals surface area contributed by atoms with Gasteiger partial charge in [-0.05, 0) is 32.4 Å².